The van der Waals surface area contributed by atoms with Crippen LogP contribution in [-0.2, 0) is 20.7 Å². The molecule has 106 valence electrons. The molecule has 0 aliphatic heterocycles. The Labute approximate surface area is 112 Å². The lowest BCUT2D eigenvalue weighted by Gasteiger charge is -2.02. The number of carbonyl (C=O) groups excluding carboxylic acids is 2. The molecule has 0 unspecified atom stereocenters. The molecule has 0 atom stereocenters. The number of carbonyl (C=O) groups is 2. The number of aryl methyl sites for hydroxylation is 1. The second-order valence-corrected chi connectivity index (χ2v) is 4.19. The van der Waals surface area contributed by atoms with Crippen molar-refractivity contribution in [3.8, 4) is 0 Å². The summed E-state index contributed by atoms with van der Waals surface area (Å²) >= 11 is 0. The van der Waals surface area contributed by atoms with Gasteiger partial charge in [0, 0.05) is 18.2 Å². The van der Waals surface area contributed by atoms with Gasteiger partial charge in [0.05, 0.1) is 13.2 Å². The van der Waals surface area contributed by atoms with Gasteiger partial charge in [-0.1, -0.05) is 0 Å². The smallest absolute Gasteiger partial charge is 0.359 e. The highest BCUT2D eigenvalue weighted by atomic mass is 16.5. The van der Waals surface area contributed by atoms with Crippen LogP contribution in [0.2, 0.25) is 0 Å². The lowest BCUT2D eigenvalue weighted by Crippen LogP contribution is -2.06. The Kier molecular flexibility index (Phi) is 6.05. The fourth-order valence-corrected chi connectivity index (χ4v) is 1.70. The molecule has 1 aromatic rings. The van der Waals surface area contributed by atoms with E-state index in [1.54, 1.807) is 6.92 Å². The van der Waals surface area contributed by atoms with Gasteiger partial charge in [0.25, 0.3) is 0 Å². The molecule has 0 aromatic carbocycles. The van der Waals surface area contributed by atoms with E-state index in [1.807, 2.05) is 6.92 Å². The second kappa shape index (κ2) is 7.56. The van der Waals surface area contributed by atoms with Crippen LogP contribution in [0.4, 0.5) is 0 Å². The maximum atomic E-state index is 11.6. The third-order valence-electron chi connectivity index (χ3n) is 2.71. The molecule has 0 fully saturated rings. The minimum Gasteiger partial charge on any atom is -0.466 e. The number of esters is 2. The number of rotatable bonds is 7. The predicted molar refractivity (Wildman–Crippen MR) is 68.9 cm³/mol. The average molecular weight is 268 g/mol. The molecule has 1 N–H and O–H groups in total. The van der Waals surface area contributed by atoms with E-state index in [0.29, 0.717) is 18.9 Å². The molecule has 0 aliphatic rings. The minimum absolute atomic E-state index is 0.262. The zero-order chi connectivity index (χ0) is 14.3. The standard InChI is InChI=1S/C13H20N2O4/c1-4-18-13(17)12-9(2)11(14-15-12)7-5-6-8-19-10(3)16/h4-8H2,1-3H3,(H,14,15). The van der Waals surface area contributed by atoms with Crippen molar-refractivity contribution in [1.29, 1.82) is 0 Å². The first-order valence-electron chi connectivity index (χ1n) is 6.40. The van der Waals surface area contributed by atoms with Crippen LogP contribution < -0.4 is 0 Å². The van der Waals surface area contributed by atoms with Crippen molar-refractivity contribution < 1.29 is 19.1 Å². The quantitative estimate of drug-likeness (QED) is 0.602. The Bertz CT molecular complexity index is 440. The van der Waals surface area contributed by atoms with Gasteiger partial charge < -0.3 is 9.47 Å². The van der Waals surface area contributed by atoms with E-state index in [9.17, 15) is 9.59 Å². The number of H-pyrrole nitrogens is 1. The van der Waals surface area contributed by atoms with Gasteiger partial charge in [-0.2, -0.15) is 5.10 Å². The lowest BCUT2D eigenvalue weighted by molar-refractivity contribution is -0.141. The van der Waals surface area contributed by atoms with Crippen molar-refractivity contribution in [3.63, 3.8) is 0 Å². The Hall–Kier alpha value is -1.85. The molecule has 1 aromatic heterocycles. The average Bonchev–Trinajstić information content (AvgIpc) is 2.70. The molecule has 19 heavy (non-hydrogen) atoms. The minimum atomic E-state index is -0.401. The molecule has 0 spiro atoms. The molecule has 0 amide bonds. The van der Waals surface area contributed by atoms with Gasteiger partial charge in [-0.25, -0.2) is 4.79 Å². The number of hydrogen-bond donors (Lipinski definition) is 1. The van der Waals surface area contributed by atoms with Gasteiger partial charge >= 0.3 is 11.9 Å². The summed E-state index contributed by atoms with van der Waals surface area (Å²) in [5.74, 6) is -0.662. The summed E-state index contributed by atoms with van der Waals surface area (Å²) in [5.41, 5.74) is 2.09. The van der Waals surface area contributed by atoms with E-state index in [1.165, 1.54) is 6.92 Å². The summed E-state index contributed by atoms with van der Waals surface area (Å²) in [7, 11) is 0. The number of hydrogen-bond acceptors (Lipinski definition) is 5. The van der Waals surface area contributed by atoms with Crippen molar-refractivity contribution in [2.45, 2.75) is 40.0 Å². The second-order valence-electron chi connectivity index (χ2n) is 4.19. The largest absolute Gasteiger partial charge is 0.466 e. The number of aromatic amines is 1. The van der Waals surface area contributed by atoms with E-state index in [-0.39, 0.29) is 5.97 Å². The zero-order valence-corrected chi connectivity index (χ0v) is 11.6. The summed E-state index contributed by atoms with van der Waals surface area (Å²) in [6.45, 7) is 5.76. The zero-order valence-electron chi connectivity index (χ0n) is 11.6. The maximum absolute atomic E-state index is 11.6. The molecular weight excluding hydrogens is 248 g/mol. The van der Waals surface area contributed by atoms with Gasteiger partial charge in [0.1, 0.15) is 0 Å². The van der Waals surface area contributed by atoms with Crippen molar-refractivity contribution in [3.05, 3.63) is 17.0 Å². The summed E-state index contributed by atoms with van der Waals surface area (Å²) in [4.78, 5) is 22.1. The summed E-state index contributed by atoms with van der Waals surface area (Å²) in [6, 6.07) is 0. The van der Waals surface area contributed by atoms with Gasteiger partial charge in [-0.3, -0.25) is 9.89 Å². The number of unbranched alkanes of at least 4 members (excludes halogenated alkanes) is 1. The van der Waals surface area contributed by atoms with Crippen LogP contribution in [-0.4, -0.2) is 35.3 Å². The van der Waals surface area contributed by atoms with E-state index < -0.39 is 5.97 Å². The van der Waals surface area contributed by atoms with Crippen molar-refractivity contribution in [2.75, 3.05) is 13.2 Å². The maximum Gasteiger partial charge on any atom is 0.359 e. The first-order valence-corrected chi connectivity index (χ1v) is 6.40. The van der Waals surface area contributed by atoms with E-state index >= 15 is 0 Å². The van der Waals surface area contributed by atoms with Gasteiger partial charge in [0.15, 0.2) is 5.69 Å². The summed E-state index contributed by atoms with van der Waals surface area (Å²) < 4.78 is 9.76. The molecule has 6 heteroatoms. The molecule has 0 aliphatic carbocycles. The Morgan fingerprint density at radius 2 is 2.00 bits per heavy atom. The van der Waals surface area contributed by atoms with Crippen LogP contribution in [0.5, 0.6) is 0 Å². The molecule has 0 bridgehead atoms. The molecular formula is C13H20N2O4. The molecule has 0 saturated carbocycles. The number of nitrogens with zero attached hydrogens (tertiary/aromatic N) is 1. The number of aromatic nitrogens is 2. The Morgan fingerprint density at radius 1 is 1.26 bits per heavy atom. The van der Waals surface area contributed by atoms with Gasteiger partial charge in [-0.05, 0) is 33.1 Å². The molecule has 1 rings (SSSR count). The Morgan fingerprint density at radius 3 is 2.63 bits per heavy atom. The fraction of sp³-hybridized carbons (Fsp3) is 0.615. The van der Waals surface area contributed by atoms with Crippen LogP contribution in [0.25, 0.3) is 0 Å². The first-order chi connectivity index (χ1) is 9.06. The summed E-state index contributed by atoms with van der Waals surface area (Å²) in [6.07, 6.45) is 2.41. The monoisotopic (exact) mass is 268 g/mol. The van der Waals surface area contributed by atoms with Crippen LogP contribution in [0.1, 0.15) is 48.4 Å². The lowest BCUT2D eigenvalue weighted by atomic mass is 10.1. The van der Waals surface area contributed by atoms with Gasteiger partial charge in [-0.15, -0.1) is 0 Å². The summed E-state index contributed by atoms with van der Waals surface area (Å²) in [5, 5.41) is 6.83. The van der Waals surface area contributed by atoms with E-state index in [4.69, 9.17) is 9.47 Å². The first kappa shape index (κ1) is 15.2. The number of nitrogens with one attached hydrogen (secondary N) is 1. The number of ether oxygens (including phenoxy) is 2. The third-order valence-corrected chi connectivity index (χ3v) is 2.71. The topological polar surface area (TPSA) is 81.3 Å². The molecule has 6 nitrogen and oxygen atoms in total. The van der Waals surface area contributed by atoms with Crippen LogP contribution in [0.3, 0.4) is 0 Å². The highest BCUT2D eigenvalue weighted by Gasteiger charge is 2.16. The SMILES string of the molecule is CCOC(=O)c1n[nH]c(CCCCOC(C)=O)c1C. The normalized spacial score (nSPS) is 10.3. The van der Waals surface area contributed by atoms with Crippen LogP contribution in [0, 0.1) is 6.92 Å². The predicted octanol–water partition coefficient (Wildman–Crippen LogP) is 1.78. The molecule has 0 radical (unpaired) electrons. The highest BCUT2D eigenvalue weighted by molar-refractivity contribution is 5.89. The molecule has 1 heterocycles. The van der Waals surface area contributed by atoms with Crippen molar-refractivity contribution in [2.24, 2.45) is 0 Å². The van der Waals surface area contributed by atoms with E-state index in [0.717, 1.165) is 30.5 Å². The highest BCUT2D eigenvalue weighted by Crippen LogP contribution is 2.13. The van der Waals surface area contributed by atoms with Crippen LogP contribution in [0.15, 0.2) is 0 Å². The van der Waals surface area contributed by atoms with Crippen molar-refractivity contribution >= 4 is 11.9 Å². The van der Waals surface area contributed by atoms with E-state index in [2.05, 4.69) is 10.2 Å². The fourth-order valence-electron chi connectivity index (χ4n) is 1.70. The Balaban J connectivity index is 2.43. The molecule has 0 saturated heterocycles. The van der Waals surface area contributed by atoms with Gasteiger partial charge in [0.2, 0.25) is 0 Å². The van der Waals surface area contributed by atoms with Crippen molar-refractivity contribution in [1.82, 2.24) is 10.2 Å². The van der Waals surface area contributed by atoms with Crippen LogP contribution >= 0.6 is 0 Å². The third kappa shape index (κ3) is 4.73.